The van der Waals surface area contributed by atoms with Crippen LogP contribution in [0.2, 0.25) is 0 Å². The fourth-order valence-corrected chi connectivity index (χ4v) is 8.71. The summed E-state index contributed by atoms with van der Waals surface area (Å²) < 4.78 is 23.0. The number of carbonyl (C=O) groups is 2. The number of nitrogens with zero attached hydrogens (tertiary/aromatic N) is 4. The van der Waals surface area contributed by atoms with E-state index in [2.05, 4.69) is 58.5 Å². The second-order valence-corrected chi connectivity index (χ2v) is 14.3. The Morgan fingerprint density at radius 1 is 0.547 bits per heavy atom. The van der Waals surface area contributed by atoms with Gasteiger partial charge in [0.1, 0.15) is 11.5 Å². The molecular formula is C42H34N4O5S2. The van der Waals surface area contributed by atoms with Crippen LogP contribution < -0.4 is 14.3 Å². The molecule has 0 N–H and O–H groups in total. The molecule has 8 aromatic rings. The zero-order chi connectivity index (χ0) is 36.3. The highest BCUT2D eigenvalue weighted by Gasteiger charge is 2.14. The van der Waals surface area contributed by atoms with Crippen molar-refractivity contribution in [2.75, 3.05) is 27.4 Å². The van der Waals surface area contributed by atoms with E-state index in [1.165, 1.54) is 22.7 Å². The highest BCUT2D eigenvalue weighted by molar-refractivity contribution is 7.17. The quantitative estimate of drug-likeness (QED) is 0.140. The molecule has 264 valence electrons. The van der Waals surface area contributed by atoms with Crippen LogP contribution in [0.5, 0.6) is 11.5 Å². The number of thiazole rings is 2. The first-order chi connectivity index (χ1) is 26.0. The molecule has 0 aliphatic carbocycles. The van der Waals surface area contributed by atoms with Gasteiger partial charge in [-0.05, 0) is 71.4 Å². The van der Waals surface area contributed by atoms with Crippen LogP contribution in [-0.2, 0) is 22.6 Å². The summed E-state index contributed by atoms with van der Waals surface area (Å²) in [6.07, 6.45) is 0. The van der Waals surface area contributed by atoms with Gasteiger partial charge < -0.3 is 23.3 Å². The minimum absolute atomic E-state index is 0.347. The van der Waals surface area contributed by atoms with Crippen molar-refractivity contribution < 1.29 is 23.8 Å². The van der Waals surface area contributed by atoms with Gasteiger partial charge in [0.05, 0.1) is 33.6 Å². The Morgan fingerprint density at radius 2 is 0.962 bits per heavy atom. The lowest BCUT2D eigenvalue weighted by Crippen LogP contribution is -2.19. The molecule has 0 aliphatic rings. The SMILES string of the molecule is COCCn1c(=NC(=O)c2ccc(Oc3ccc(C(=O)N=c4sc5c6ccccc6ccc5n4CCOC)cc3)cc2)sc2c3ccccc3ccc21. The third kappa shape index (κ3) is 6.95. The van der Waals surface area contributed by atoms with E-state index >= 15 is 0 Å². The maximum absolute atomic E-state index is 13.4. The van der Waals surface area contributed by atoms with Crippen LogP contribution >= 0.6 is 22.7 Å². The summed E-state index contributed by atoms with van der Waals surface area (Å²) in [5.74, 6) is 0.400. The predicted molar refractivity (Wildman–Crippen MR) is 211 cm³/mol. The number of ether oxygens (including phenoxy) is 3. The summed E-state index contributed by atoms with van der Waals surface area (Å²) in [6, 6.07) is 38.5. The van der Waals surface area contributed by atoms with Crippen molar-refractivity contribution in [3.63, 3.8) is 0 Å². The summed E-state index contributed by atoms with van der Waals surface area (Å²) in [5, 5.41) is 4.52. The average Bonchev–Trinajstić information content (AvgIpc) is 3.73. The molecule has 0 saturated carbocycles. The van der Waals surface area contributed by atoms with Gasteiger partial charge >= 0.3 is 0 Å². The Hall–Kier alpha value is -5.72. The fourth-order valence-electron chi connectivity index (χ4n) is 6.34. The Bertz CT molecular complexity index is 2590. The Balaban J connectivity index is 1.01. The second-order valence-electron chi connectivity index (χ2n) is 12.3. The molecule has 11 heteroatoms. The molecule has 2 heterocycles. The monoisotopic (exact) mass is 738 g/mol. The van der Waals surface area contributed by atoms with Gasteiger partial charge in [-0.3, -0.25) is 9.59 Å². The Kier molecular flexibility index (Phi) is 9.79. The summed E-state index contributed by atoms with van der Waals surface area (Å²) in [5.41, 5.74) is 2.92. The Labute approximate surface area is 312 Å². The Morgan fingerprint density at radius 3 is 1.38 bits per heavy atom. The van der Waals surface area contributed by atoms with Gasteiger partial charge in [0.15, 0.2) is 9.60 Å². The molecule has 2 amide bonds. The topological polar surface area (TPSA) is 96.4 Å². The number of rotatable bonds is 10. The number of methoxy groups -OCH3 is 2. The number of carbonyl (C=O) groups excluding carboxylic acids is 2. The van der Waals surface area contributed by atoms with Crippen molar-refractivity contribution in [1.29, 1.82) is 0 Å². The predicted octanol–water partition coefficient (Wildman–Crippen LogP) is 8.59. The lowest BCUT2D eigenvalue weighted by Gasteiger charge is -2.07. The molecule has 0 atom stereocenters. The lowest BCUT2D eigenvalue weighted by atomic mass is 10.1. The molecule has 0 saturated heterocycles. The van der Waals surface area contributed by atoms with Crippen molar-refractivity contribution in [3.05, 3.63) is 142 Å². The highest BCUT2D eigenvalue weighted by Crippen LogP contribution is 2.29. The molecule has 8 rings (SSSR count). The summed E-state index contributed by atoms with van der Waals surface area (Å²) >= 11 is 3.00. The van der Waals surface area contributed by atoms with Crippen molar-refractivity contribution in [2.24, 2.45) is 9.98 Å². The molecule has 0 unspecified atom stereocenters. The summed E-state index contributed by atoms with van der Waals surface area (Å²) in [6.45, 7) is 2.13. The molecule has 0 radical (unpaired) electrons. The third-order valence-electron chi connectivity index (χ3n) is 9.02. The second kappa shape index (κ2) is 15.1. The minimum Gasteiger partial charge on any atom is -0.457 e. The van der Waals surface area contributed by atoms with Crippen LogP contribution in [0.1, 0.15) is 20.7 Å². The molecule has 0 aliphatic heterocycles. The third-order valence-corrected chi connectivity index (χ3v) is 11.3. The summed E-state index contributed by atoms with van der Waals surface area (Å²) in [4.78, 5) is 37.1. The lowest BCUT2D eigenvalue weighted by molar-refractivity contribution is 0.0989. The van der Waals surface area contributed by atoms with Crippen LogP contribution in [-0.4, -0.2) is 48.4 Å². The number of hydrogen-bond acceptors (Lipinski definition) is 7. The first kappa shape index (κ1) is 34.4. The van der Waals surface area contributed by atoms with Crippen LogP contribution in [0, 0.1) is 0 Å². The first-order valence-corrected chi connectivity index (χ1v) is 18.7. The van der Waals surface area contributed by atoms with Crippen LogP contribution in [0.3, 0.4) is 0 Å². The van der Waals surface area contributed by atoms with Crippen molar-refractivity contribution in [3.8, 4) is 11.5 Å². The molecular weight excluding hydrogens is 705 g/mol. The maximum atomic E-state index is 13.4. The first-order valence-electron chi connectivity index (χ1n) is 17.1. The van der Waals surface area contributed by atoms with Gasteiger partial charge in [-0.15, -0.1) is 0 Å². The number of hydrogen-bond donors (Lipinski definition) is 0. The zero-order valence-electron chi connectivity index (χ0n) is 29.0. The summed E-state index contributed by atoms with van der Waals surface area (Å²) in [7, 11) is 3.32. The molecule has 0 fully saturated rings. The zero-order valence-corrected chi connectivity index (χ0v) is 30.7. The van der Waals surface area contributed by atoms with Crippen LogP contribution in [0.25, 0.3) is 42.0 Å². The molecule has 0 bridgehead atoms. The van der Waals surface area contributed by atoms with Crippen molar-refractivity contribution >= 4 is 76.5 Å². The standard InChI is InChI=1S/C42H34N4O5S2/c1-49-25-23-45-35-21-15-27-7-3-5-9-33(27)37(35)52-41(45)43-39(47)29-11-17-31(18-12-29)51-32-19-13-30(14-20-32)40(48)44-42-46(24-26-50-2)36-22-16-28-8-4-6-10-34(28)38(36)53-42/h3-22H,23-26H2,1-2H3. The van der Waals surface area contributed by atoms with Gasteiger partial charge in [-0.2, -0.15) is 9.98 Å². The van der Waals surface area contributed by atoms with E-state index in [0.29, 0.717) is 58.5 Å². The molecule has 53 heavy (non-hydrogen) atoms. The van der Waals surface area contributed by atoms with E-state index in [1.807, 2.05) is 33.4 Å². The van der Waals surface area contributed by atoms with Gasteiger partial charge in [-0.25, -0.2) is 0 Å². The number of amides is 2. The van der Waals surface area contributed by atoms with Gasteiger partial charge in [-0.1, -0.05) is 83.3 Å². The largest absolute Gasteiger partial charge is 0.457 e. The van der Waals surface area contributed by atoms with Crippen molar-refractivity contribution in [1.82, 2.24) is 9.13 Å². The van der Waals surface area contributed by atoms with Crippen molar-refractivity contribution in [2.45, 2.75) is 13.1 Å². The van der Waals surface area contributed by atoms with E-state index in [4.69, 9.17) is 14.2 Å². The number of fused-ring (bicyclic) bond motifs is 6. The average molecular weight is 739 g/mol. The van der Waals surface area contributed by atoms with E-state index in [9.17, 15) is 9.59 Å². The van der Waals surface area contributed by atoms with E-state index in [1.54, 1.807) is 62.8 Å². The van der Waals surface area contributed by atoms with Crippen LogP contribution in [0.4, 0.5) is 0 Å². The minimum atomic E-state index is -0.347. The van der Waals surface area contributed by atoms with Gasteiger partial charge in [0.2, 0.25) is 0 Å². The maximum Gasteiger partial charge on any atom is 0.279 e. The smallest absolute Gasteiger partial charge is 0.279 e. The molecule has 2 aromatic heterocycles. The highest BCUT2D eigenvalue weighted by atomic mass is 32.1. The van der Waals surface area contributed by atoms with Gasteiger partial charge in [0, 0.05) is 49.2 Å². The number of aromatic nitrogens is 2. The van der Waals surface area contributed by atoms with Gasteiger partial charge in [0.25, 0.3) is 11.8 Å². The van der Waals surface area contributed by atoms with E-state index in [-0.39, 0.29) is 11.8 Å². The van der Waals surface area contributed by atoms with Crippen LogP contribution in [0.15, 0.2) is 131 Å². The molecule has 6 aromatic carbocycles. The normalized spacial score (nSPS) is 12.4. The molecule has 9 nitrogen and oxygen atoms in total. The van der Waals surface area contributed by atoms with E-state index < -0.39 is 0 Å². The number of benzene rings is 6. The molecule has 0 spiro atoms. The fraction of sp³-hybridized carbons (Fsp3) is 0.143. The van der Waals surface area contributed by atoms with E-state index in [0.717, 1.165) is 42.0 Å².